The van der Waals surface area contributed by atoms with Gasteiger partial charge in [0.15, 0.2) is 0 Å². The van der Waals surface area contributed by atoms with Gasteiger partial charge in [0, 0.05) is 18.5 Å². The number of hydrogen-bond acceptors (Lipinski definition) is 4. The lowest BCUT2D eigenvalue weighted by molar-refractivity contribution is -0.120. The normalized spacial score (nSPS) is 15.7. The summed E-state index contributed by atoms with van der Waals surface area (Å²) in [6.07, 6.45) is 2.52. The van der Waals surface area contributed by atoms with Crippen molar-refractivity contribution in [3.63, 3.8) is 0 Å². The molecular weight excluding hydrogens is 248 g/mol. The van der Waals surface area contributed by atoms with E-state index in [9.17, 15) is 14.4 Å². The van der Waals surface area contributed by atoms with Gasteiger partial charge in [-0.2, -0.15) is 5.10 Å². The molecule has 0 radical (unpaired) electrons. The van der Waals surface area contributed by atoms with Gasteiger partial charge in [-0.3, -0.25) is 19.8 Å². The second-order valence-electron chi connectivity index (χ2n) is 4.19. The fourth-order valence-electron chi connectivity index (χ4n) is 2.08. The molecule has 0 aliphatic carbocycles. The standard InChI is InChI=1S/C12H10N4O3/c17-7-8-5-9-1-3-13-16(9)11(6-8)15-4-2-10(18)14-12(15)19/h1,3,5-7H,2,4H2,(H,14,18,19). The molecule has 3 amide bonds. The number of nitrogens with one attached hydrogen (secondary N) is 1. The van der Waals surface area contributed by atoms with E-state index in [0.717, 1.165) is 0 Å². The number of hydrogen-bond donors (Lipinski definition) is 1. The number of aromatic nitrogens is 2. The minimum absolute atomic E-state index is 0.222. The zero-order valence-electron chi connectivity index (χ0n) is 9.87. The van der Waals surface area contributed by atoms with Crippen molar-refractivity contribution in [1.82, 2.24) is 14.9 Å². The molecule has 1 saturated heterocycles. The van der Waals surface area contributed by atoms with Crippen molar-refractivity contribution in [2.75, 3.05) is 11.4 Å². The third-order valence-electron chi connectivity index (χ3n) is 2.97. The molecule has 2 aromatic rings. The van der Waals surface area contributed by atoms with Crippen molar-refractivity contribution in [1.29, 1.82) is 0 Å². The maximum atomic E-state index is 11.8. The Balaban J connectivity index is 2.13. The van der Waals surface area contributed by atoms with Gasteiger partial charge in [0.2, 0.25) is 5.91 Å². The van der Waals surface area contributed by atoms with Crippen LogP contribution in [0.2, 0.25) is 0 Å². The summed E-state index contributed by atoms with van der Waals surface area (Å²) in [5.74, 6) is 0.166. The van der Waals surface area contributed by atoms with Crippen molar-refractivity contribution in [2.24, 2.45) is 0 Å². The molecule has 19 heavy (non-hydrogen) atoms. The van der Waals surface area contributed by atoms with Crippen LogP contribution in [-0.2, 0) is 4.79 Å². The second-order valence-corrected chi connectivity index (χ2v) is 4.19. The molecule has 3 heterocycles. The molecule has 0 saturated carbocycles. The fraction of sp³-hybridized carbons (Fsp3) is 0.167. The first-order valence-electron chi connectivity index (χ1n) is 5.73. The predicted octanol–water partition coefficient (Wildman–Crippen LogP) is 0.593. The first-order chi connectivity index (χ1) is 9.19. The fourth-order valence-corrected chi connectivity index (χ4v) is 2.08. The van der Waals surface area contributed by atoms with Gasteiger partial charge >= 0.3 is 6.03 Å². The molecule has 0 atom stereocenters. The number of imide groups is 1. The highest BCUT2D eigenvalue weighted by Crippen LogP contribution is 2.20. The number of anilines is 1. The smallest absolute Gasteiger partial charge is 0.298 e. The van der Waals surface area contributed by atoms with Crippen LogP contribution in [0.5, 0.6) is 0 Å². The van der Waals surface area contributed by atoms with Crippen LogP contribution >= 0.6 is 0 Å². The first kappa shape index (κ1) is 11.4. The molecule has 1 fully saturated rings. The maximum absolute atomic E-state index is 11.8. The summed E-state index contributed by atoms with van der Waals surface area (Å²) in [7, 11) is 0. The lowest BCUT2D eigenvalue weighted by Crippen LogP contribution is -2.50. The Labute approximate surface area is 107 Å². The number of rotatable bonds is 2. The highest BCUT2D eigenvalue weighted by atomic mass is 16.2. The number of amides is 3. The van der Waals surface area contributed by atoms with E-state index in [1.165, 1.54) is 4.90 Å². The van der Waals surface area contributed by atoms with Gasteiger partial charge < -0.3 is 0 Å². The molecule has 96 valence electrons. The van der Waals surface area contributed by atoms with E-state index in [4.69, 9.17) is 0 Å². The van der Waals surface area contributed by atoms with Gasteiger partial charge in [0.1, 0.15) is 12.1 Å². The van der Waals surface area contributed by atoms with E-state index in [1.807, 2.05) is 0 Å². The van der Waals surface area contributed by atoms with E-state index >= 15 is 0 Å². The minimum atomic E-state index is -0.504. The van der Waals surface area contributed by atoms with Crippen molar-refractivity contribution in [2.45, 2.75) is 6.42 Å². The van der Waals surface area contributed by atoms with Crippen molar-refractivity contribution >= 4 is 29.6 Å². The summed E-state index contributed by atoms with van der Waals surface area (Å²) in [4.78, 5) is 35.3. The van der Waals surface area contributed by atoms with Gasteiger partial charge in [-0.1, -0.05) is 0 Å². The average molecular weight is 258 g/mol. The number of nitrogens with zero attached hydrogens (tertiary/aromatic N) is 3. The molecule has 7 heteroatoms. The van der Waals surface area contributed by atoms with Crippen LogP contribution in [0.3, 0.4) is 0 Å². The Morgan fingerprint density at radius 2 is 2.16 bits per heavy atom. The monoisotopic (exact) mass is 258 g/mol. The number of urea groups is 1. The quantitative estimate of drug-likeness (QED) is 0.799. The lowest BCUT2D eigenvalue weighted by Gasteiger charge is -2.26. The van der Waals surface area contributed by atoms with Crippen molar-refractivity contribution < 1.29 is 14.4 Å². The second kappa shape index (κ2) is 4.20. The van der Waals surface area contributed by atoms with Crippen molar-refractivity contribution in [3.05, 3.63) is 30.0 Å². The molecule has 0 bridgehead atoms. The maximum Gasteiger partial charge on any atom is 0.329 e. The molecule has 1 aliphatic heterocycles. The highest BCUT2D eigenvalue weighted by Gasteiger charge is 2.26. The summed E-state index contributed by atoms with van der Waals surface area (Å²) in [5, 5.41) is 6.36. The highest BCUT2D eigenvalue weighted by molar-refractivity contribution is 6.05. The van der Waals surface area contributed by atoms with Crippen LogP contribution < -0.4 is 10.2 Å². The molecule has 1 N–H and O–H groups in total. The molecule has 0 aromatic carbocycles. The topological polar surface area (TPSA) is 83.8 Å². The van der Waals surface area contributed by atoms with Gasteiger partial charge in [0.05, 0.1) is 11.7 Å². The average Bonchev–Trinajstić information content (AvgIpc) is 2.86. The Morgan fingerprint density at radius 1 is 1.32 bits per heavy atom. The van der Waals surface area contributed by atoms with Crippen LogP contribution in [0, 0.1) is 0 Å². The summed E-state index contributed by atoms with van der Waals surface area (Å²) >= 11 is 0. The number of aldehydes is 1. The van der Waals surface area contributed by atoms with E-state index in [-0.39, 0.29) is 18.9 Å². The Hall–Kier alpha value is -2.70. The molecular formula is C12H10N4O3. The number of carbonyl (C=O) groups excluding carboxylic acids is 3. The van der Waals surface area contributed by atoms with Gasteiger partial charge in [-0.25, -0.2) is 9.31 Å². The SMILES string of the molecule is O=Cc1cc(N2CCC(=O)NC2=O)n2nccc2c1. The summed E-state index contributed by atoms with van der Waals surface area (Å²) in [5.41, 5.74) is 1.16. The number of pyridine rings is 1. The van der Waals surface area contributed by atoms with E-state index in [2.05, 4.69) is 10.4 Å². The lowest BCUT2D eigenvalue weighted by atomic mass is 10.2. The van der Waals surface area contributed by atoms with Crippen LogP contribution in [0.25, 0.3) is 5.52 Å². The van der Waals surface area contributed by atoms with Crippen LogP contribution in [0.1, 0.15) is 16.8 Å². The zero-order chi connectivity index (χ0) is 13.4. The molecule has 2 aromatic heterocycles. The van der Waals surface area contributed by atoms with Crippen LogP contribution in [-0.4, -0.2) is 34.4 Å². The minimum Gasteiger partial charge on any atom is -0.298 e. The Morgan fingerprint density at radius 3 is 2.89 bits per heavy atom. The third kappa shape index (κ3) is 1.85. The zero-order valence-corrected chi connectivity index (χ0v) is 9.87. The van der Waals surface area contributed by atoms with Crippen LogP contribution in [0.4, 0.5) is 10.6 Å². The van der Waals surface area contributed by atoms with Crippen LogP contribution in [0.15, 0.2) is 24.4 Å². The summed E-state index contributed by atoms with van der Waals surface area (Å²) < 4.78 is 1.56. The molecule has 1 aliphatic rings. The summed E-state index contributed by atoms with van der Waals surface area (Å²) in [6, 6.07) is 4.48. The summed E-state index contributed by atoms with van der Waals surface area (Å²) in [6.45, 7) is 0.266. The molecule has 0 spiro atoms. The number of carbonyl (C=O) groups is 3. The van der Waals surface area contributed by atoms with Gasteiger partial charge in [-0.05, 0) is 18.2 Å². The molecule has 7 nitrogen and oxygen atoms in total. The van der Waals surface area contributed by atoms with Gasteiger partial charge in [0.25, 0.3) is 0 Å². The largest absolute Gasteiger partial charge is 0.329 e. The van der Waals surface area contributed by atoms with E-state index in [1.54, 1.807) is 28.9 Å². The van der Waals surface area contributed by atoms with E-state index < -0.39 is 6.03 Å². The predicted molar refractivity (Wildman–Crippen MR) is 66.1 cm³/mol. The van der Waals surface area contributed by atoms with Gasteiger partial charge in [-0.15, -0.1) is 0 Å². The Kier molecular flexibility index (Phi) is 2.52. The number of fused-ring (bicyclic) bond motifs is 1. The first-order valence-corrected chi connectivity index (χ1v) is 5.73. The van der Waals surface area contributed by atoms with Crippen molar-refractivity contribution in [3.8, 4) is 0 Å². The third-order valence-corrected chi connectivity index (χ3v) is 2.97. The van der Waals surface area contributed by atoms with E-state index in [0.29, 0.717) is 23.2 Å². The Bertz CT molecular complexity index is 691. The molecule has 3 rings (SSSR count). The molecule has 0 unspecified atom stereocenters.